The molecular formula is C18H16N2O3. The van der Waals surface area contributed by atoms with Gasteiger partial charge in [0.1, 0.15) is 6.10 Å². The van der Waals surface area contributed by atoms with E-state index in [2.05, 4.69) is 10.2 Å². The summed E-state index contributed by atoms with van der Waals surface area (Å²) >= 11 is 0. The van der Waals surface area contributed by atoms with E-state index in [0.717, 1.165) is 5.56 Å². The number of carbonyl (C=O) groups excluding carboxylic acids is 1. The van der Waals surface area contributed by atoms with Crippen molar-refractivity contribution in [1.82, 2.24) is 10.2 Å². The van der Waals surface area contributed by atoms with Crippen LogP contribution in [0, 0.1) is 0 Å². The molecule has 0 fully saturated rings. The molecule has 0 aliphatic rings. The summed E-state index contributed by atoms with van der Waals surface area (Å²) in [7, 11) is 0. The molecule has 0 spiro atoms. The Hall–Kier alpha value is -2.95. The summed E-state index contributed by atoms with van der Waals surface area (Å²) in [4.78, 5) is 23.9. The van der Waals surface area contributed by atoms with Crippen LogP contribution in [-0.4, -0.2) is 16.2 Å². The molecule has 0 bridgehead atoms. The number of fused-ring (bicyclic) bond motifs is 1. The van der Waals surface area contributed by atoms with Gasteiger partial charge in [0.05, 0.1) is 17.5 Å². The molecule has 0 aliphatic heterocycles. The zero-order valence-electron chi connectivity index (χ0n) is 12.7. The Bertz CT molecular complexity index is 887. The van der Waals surface area contributed by atoms with Gasteiger partial charge >= 0.3 is 5.97 Å². The fraction of sp³-hybridized carbons (Fsp3) is 0.167. The average Bonchev–Trinajstić information content (AvgIpc) is 2.58. The van der Waals surface area contributed by atoms with E-state index in [9.17, 15) is 9.59 Å². The molecule has 3 rings (SSSR count). The number of esters is 1. The largest absolute Gasteiger partial charge is 0.457 e. The predicted molar refractivity (Wildman–Crippen MR) is 87.0 cm³/mol. The Kier molecular flexibility index (Phi) is 4.19. The van der Waals surface area contributed by atoms with Crippen LogP contribution in [0.4, 0.5) is 0 Å². The molecule has 116 valence electrons. The zero-order valence-corrected chi connectivity index (χ0v) is 12.7. The highest BCUT2D eigenvalue weighted by atomic mass is 16.5. The van der Waals surface area contributed by atoms with Crippen LogP contribution < -0.4 is 5.56 Å². The molecule has 5 heteroatoms. The molecule has 0 aliphatic carbocycles. The van der Waals surface area contributed by atoms with Crippen molar-refractivity contribution in [2.45, 2.75) is 19.4 Å². The third-order valence-electron chi connectivity index (χ3n) is 3.66. The van der Waals surface area contributed by atoms with E-state index < -0.39 is 0 Å². The molecule has 1 heterocycles. The summed E-state index contributed by atoms with van der Waals surface area (Å²) < 4.78 is 5.45. The summed E-state index contributed by atoms with van der Waals surface area (Å²) in [5, 5.41) is 7.59. The van der Waals surface area contributed by atoms with Crippen molar-refractivity contribution in [1.29, 1.82) is 0 Å². The number of hydrogen-bond acceptors (Lipinski definition) is 4. The lowest BCUT2D eigenvalue weighted by Gasteiger charge is -2.13. The van der Waals surface area contributed by atoms with Gasteiger partial charge in [0.15, 0.2) is 0 Å². The molecule has 0 radical (unpaired) electrons. The lowest BCUT2D eigenvalue weighted by atomic mass is 10.1. The van der Waals surface area contributed by atoms with Gasteiger partial charge in [-0.25, -0.2) is 5.10 Å². The van der Waals surface area contributed by atoms with Gasteiger partial charge in [-0.1, -0.05) is 48.5 Å². The van der Waals surface area contributed by atoms with Gasteiger partial charge in [0, 0.05) is 5.39 Å². The molecule has 1 N–H and O–H groups in total. The minimum atomic E-state index is -0.383. The molecule has 0 saturated heterocycles. The van der Waals surface area contributed by atoms with Crippen molar-refractivity contribution < 1.29 is 9.53 Å². The van der Waals surface area contributed by atoms with Gasteiger partial charge in [-0.3, -0.25) is 9.59 Å². The summed E-state index contributed by atoms with van der Waals surface area (Å²) in [5.74, 6) is -0.383. The first-order chi connectivity index (χ1) is 11.1. The average molecular weight is 308 g/mol. The number of rotatable bonds is 4. The maximum absolute atomic E-state index is 12.2. The number of aromatic nitrogens is 2. The van der Waals surface area contributed by atoms with E-state index in [4.69, 9.17) is 4.74 Å². The minimum Gasteiger partial charge on any atom is -0.457 e. The van der Waals surface area contributed by atoms with Crippen molar-refractivity contribution in [3.63, 3.8) is 0 Å². The van der Waals surface area contributed by atoms with Gasteiger partial charge in [-0.2, -0.15) is 5.10 Å². The van der Waals surface area contributed by atoms with Crippen LogP contribution >= 0.6 is 0 Å². The maximum Gasteiger partial charge on any atom is 0.312 e. The Morgan fingerprint density at radius 2 is 1.74 bits per heavy atom. The van der Waals surface area contributed by atoms with E-state index in [1.165, 1.54) is 0 Å². The Labute approximate surface area is 132 Å². The Balaban J connectivity index is 1.79. The second kappa shape index (κ2) is 6.44. The second-order valence-electron chi connectivity index (χ2n) is 5.26. The monoisotopic (exact) mass is 308 g/mol. The zero-order chi connectivity index (χ0) is 16.2. The molecule has 1 aromatic heterocycles. The summed E-state index contributed by atoms with van der Waals surface area (Å²) in [6.07, 6.45) is -0.327. The third-order valence-corrected chi connectivity index (χ3v) is 3.66. The Morgan fingerprint density at radius 1 is 1.09 bits per heavy atom. The first-order valence-electron chi connectivity index (χ1n) is 7.36. The highest BCUT2D eigenvalue weighted by Crippen LogP contribution is 2.18. The van der Waals surface area contributed by atoms with Crippen LogP contribution in [0.5, 0.6) is 0 Å². The van der Waals surface area contributed by atoms with Gasteiger partial charge in [0.2, 0.25) is 0 Å². The molecule has 3 aromatic rings. The van der Waals surface area contributed by atoms with Crippen molar-refractivity contribution in [3.05, 3.63) is 76.2 Å². The van der Waals surface area contributed by atoms with Crippen LogP contribution in [0.2, 0.25) is 0 Å². The highest BCUT2D eigenvalue weighted by Gasteiger charge is 2.15. The smallest absolute Gasteiger partial charge is 0.312 e. The van der Waals surface area contributed by atoms with Crippen molar-refractivity contribution in [2.24, 2.45) is 0 Å². The fourth-order valence-corrected chi connectivity index (χ4v) is 2.47. The van der Waals surface area contributed by atoms with Gasteiger partial charge in [-0.05, 0) is 18.6 Å². The second-order valence-corrected chi connectivity index (χ2v) is 5.26. The van der Waals surface area contributed by atoms with Crippen molar-refractivity contribution in [2.75, 3.05) is 0 Å². The predicted octanol–water partition coefficient (Wildman–Crippen LogP) is 2.77. The summed E-state index contributed by atoms with van der Waals surface area (Å²) in [6.45, 7) is 1.83. The van der Waals surface area contributed by atoms with Crippen molar-refractivity contribution in [3.8, 4) is 0 Å². The van der Waals surface area contributed by atoms with Crippen molar-refractivity contribution >= 4 is 16.7 Å². The van der Waals surface area contributed by atoms with E-state index in [1.807, 2.05) is 43.3 Å². The fourth-order valence-electron chi connectivity index (χ4n) is 2.47. The van der Waals surface area contributed by atoms with Crippen LogP contribution in [0.1, 0.15) is 24.3 Å². The standard InChI is InChI=1S/C18H16N2O3/c1-12(13-7-3-2-4-8-13)23-17(21)11-16-14-9-5-6-10-15(14)18(22)20-19-16/h2-10,12H,11H2,1H3,(H,20,22)/t12-/m1/s1. The summed E-state index contributed by atoms with van der Waals surface area (Å²) in [6, 6.07) is 16.6. The number of benzene rings is 2. The molecular weight excluding hydrogens is 292 g/mol. The van der Waals surface area contributed by atoms with Gasteiger partial charge in [0.25, 0.3) is 5.56 Å². The van der Waals surface area contributed by atoms with Crippen LogP contribution in [0.25, 0.3) is 10.8 Å². The highest BCUT2D eigenvalue weighted by molar-refractivity contribution is 5.86. The van der Waals surface area contributed by atoms with Gasteiger partial charge in [-0.15, -0.1) is 0 Å². The quantitative estimate of drug-likeness (QED) is 0.752. The SMILES string of the molecule is C[C@@H](OC(=O)Cc1n[nH]c(=O)c2ccccc12)c1ccccc1. The number of carbonyl (C=O) groups is 1. The number of ether oxygens (including phenoxy) is 1. The molecule has 5 nitrogen and oxygen atoms in total. The lowest BCUT2D eigenvalue weighted by molar-refractivity contribution is -0.147. The number of nitrogens with one attached hydrogen (secondary N) is 1. The van der Waals surface area contributed by atoms with E-state index >= 15 is 0 Å². The molecule has 0 saturated carbocycles. The molecule has 1 atom stereocenters. The van der Waals surface area contributed by atoms with Crippen LogP contribution in [0.15, 0.2) is 59.4 Å². The lowest BCUT2D eigenvalue weighted by Crippen LogP contribution is -2.16. The van der Waals surface area contributed by atoms with E-state index in [-0.39, 0.29) is 24.1 Å². The number of H-pyrrole nitrogens is 1. The van der Waals surface area contributed by atoms with E-state index in [0.29, 0.717) is 16.5 Å². The van der Waals surface area contributed by atoms with E-state index in [1.54, 1.807) is 18.2 Å². The first kappa shape index (κ1) is 15.0. The number of nitrogens with zero attached hydrogens (tertiary/aromatic N) is 1. The third kappa shape index (κ3) is 3.29. The first-order valence-corrected chi connectivity index (χ1v) is 7.36. The number of hydrogen-bond donors (Lipinski definition) is 1. The molecule has 23 heavy (non-hydrogen) atoms. The normalized spacial score (nSPS) is 12.0. The summed E-state index contributed by atoms with van der Waals surface area (Å²) in [5.41, 5.74) is 1.17. The maximum atomic E-state index is 12.2. The van der Waals surface area contributed by atoms with Crippen LogP contribution in [0.3, 0.4) is 0 Å². The number of aromatic amines is 1. The molecule has 0 amide bonds. The topological polar surface area (TPSA) is 72.0 Å². The molecule has 2 aromatic carbocycles. The van der Waals surface area contributed by atoms with Crippen LogP contribution in [-0.2, 0) is 16.0 Å². The molecule has 0 unspecified atom stereocenters. The van der Waals surface area contributed by atoms with Gasteiger partial charge < -0.3 is 4.74 Å². The minimum absolute atomic E-state index is 0.00840. The Morgan fingerprint density at radius 3 is 2.48 bits per heavy atom.